The molecule has 0 atom stereocenters. The van der Waals surface area contributed by atoms with E-state index in [9.17, 15) is 2.74 Å². The minimum atomic E-state index is -0.852. The number of benzene rings is 7. The summed E-state index contributed by atoms with van der Waals surface area (Å²) in [6.07, 6.45) is 1.11. The molecule has 234 valence electrons. The minimum absolute atomic E-state index is 0.00523. The SMILES string of the molecule is [2H]c1c([2H])c([2H])c(-c2c([2H])c([2H])c(-c3c([2H])c([2H])c([2H])c(-c4ccc5sc6c(-c7c([2H])c([2H])c([2H])c(-c8c([2H])c([2H])c([2H])c9c8sc8c([2H])c([2H])c([2H])c([2H])c89)c7[2H])ncnc6c5c4)c3[2H])c([2H])c2[2H])c([2H])c1[2H]. The van der Waals surface area contributed by atoms with Gasteiger partial charge in [-0.15, -0.1) is 22.7 Å². The lowest BCUT2D eigenvalue weighted by Gasteiger charge is -2.08. The van der Waals surface area contributed by atoms with Gasteiger partial charge in [0, 0.05) is 35.8 Å². The third-order valence-electron chi connectivity index (χ3n) is 7.84. The molecule has 0 fully saturated rings. The highest BCUT2D eigenvalue weighted by Crippen LogP contribution is 2.43. The van der Waals surface area contributed by atoms with Crippen molar-refractivity contribution in [3.8, 4) is 55.8 Å². The van der Waals surface area contributed by atoms with E-state index in [-0.39, 0.29) is 58.3 Å². The molecule has 0 N–H and O–H groups in total. The van der Waals surface area contributed by atoms with Gasteiger partial charge in [0.15, 0.2) is 0 Å². The average Bonchev–Trinajstić information content (AvgIpc) is 3.96. The molecule has 3 aromatic heterocycles. The van der Waals surface area contributed by atoms with Crippen molar-refractivity contribution in [2.75, 3.05) is 0 Å². The predicted molar refractivity (Wildman–Crippen MR) is 215 cm³/mol. The lowest BCUT2D eigenvalue weighted by molar-refractivity contribution is 1.24. The summed E-state index contributed by atoms with van der Waals surface area (Å²) in [5.41, 5.74) is -3.36. The molecule has 10 aromatic rings. The van der Waals surface area contributed by atoms with Crippen LogP contribution in [0.5, 0.6) is 0 Å². The third-order valence-corrected chi connectivity index (χ3v) is 10.1. The van der Waals surface area contributed by atoms with E-state index in [1.54, 1.807) is 6.07 Å². The zero-order valence-electron chi connectivity index (χ0n) is 49.0. The molecule has 10 rings (SSSR count). The first kappa shape index (κ1) is 13.8. The molecule has 0 aliphatic carbocycles. The molecule has 0 bridgehead atoms. The molecule has 50 heavy (non-hydrogen) atoms. The number of fused-ring (bicyclic) bond motifs is 6. The molecule has 3 heterocycles. The lowest BCUT2D eigenvalue weighted by Crippen LogP contribution is -1.87. The van der Waals surface area contributed by atoms with Crippen LogP contribution in [-0.4, -0.2) is 9.97 Å². The van der Waals surface area contributed by atoms with Crippen LogP contribution in [0.2, 0.25) is 0 Å². The Balaban J connectivity index is 1.17. The number of thiophene rings is 2. The van der Waals surface area contributed by atoms with Crippen LogP contribution in [0.4, 0.5) is 0 Å². The fraction of sp³-hybridized carbons (Fsp3) is 0. The first-order valence-corrected chi connectivity index (χ1v) is 16.4. The maximum atomic E-state index is 9.61. The second-order valence-corrected chi connectivity index (χ2v) is 12.8. The monoisotopic (exact) mass is 696 g/mol. The van der Waals surface area contributed by atoms with Crippen molar-refractivity contribution in [1.29, 1.82) is 0 Å². The second-order valence-electron chi connectivity index (χ2n) is 10.7. The average molecular weight is 697 g/mol. The highest BCUT2D eigenvalue weighted by Gasteiger charge is 2.16. The van der Waals surface area contributed by atoms with Crippen LogP contribution in [0.1, 0.15) is 32.9 Å². The lowest BCUT2D eigenvalue weighted by atomic mass is 9.96. The molecule has 0 radical (unpaired) electrons. The van der Waals surface area contributed by atoms with E-state index in [1.165, 1.54) is 12.1 Å². The van der Waals surface area contributed by atoms with Crippen LogP contribution in [0.3, 0.4) is 0 Å². The standard InChI is InChI=1S/C46H28N2S2/c1-2-9-29(10-3-1)30-19-21-31(22-20-30)32-11-6-12-33(25-32)34-23-24-42-40(27-34)44-46(50-42)43(47-28-48-44)36-14-7-13-35(26-36)37-16-8-17-39-38-15-4-5-18-41(38)49-45(37)39/h1-28H/i1D,2D,3D,4D,5D,6D,7D,8D,9D,10D,11D,12D,13D,14D,15D,16D,17D,18D,19D,20D,21D,22D,25D,26D. The molecule has 2 nitrogen and oxygen atoms in total. The molecule has 0 saturated carbocycles. The first-order valence-electron chi connectivity index (χ1n) is 26.8. The molecule has 0 aliphatic heterocycles. The van der Waals surface area contributed by atoms with Gasteiger partial charge in [0.05, 0.1) is 48.8 Å². The zero-order valence-corrected chi connectivity index (χ0v) is 26.7. The van der Waals surface area contributed by atoms with Crippen LogP contribution in [0.15, 0.2) is 170 Å². The smallest absolute Gasteiger partial charge is 0.116 e. The Hall–Kier alpha value is -5.94. The highest BCUT2D eigenvalue weighted by atomic mass is 32.1. The molecule has 0 unspecified atom stereocenters. The number of hydrogen-bond donors (Lipinski definition) is 0. The number of aromatic nitrogens is 2. The molecule has 7 aromatic carbocycles. The summed E-state index contributed by atoms with van der Waals surface area (Å²) < 4.78 is 211. The second kappa shape index (κ2) is 11.9. The van der Waals surface area contributed by atoms with E-state index in [0.717, 1.165) is 29.0 Å². The van der Waals surface area contributed by atoms with Crippen molar-refractivity contribution in [1.82, 2.24) is 9.97 Å². The topological polar surface area (TPSA) is 25.8 Å². The Morgan fingerprint density at radius 3 is 1.90 bits per heavy atom. The molecule has 4 heteroatoms. The Labute approximate surface area is 331 Å². The summed E-state index contributed by atoms with van der Waals surface area (Å²) in [5.74, 6) is 0. The summed E-state index contributed by atoms with van der Waals surface area (Å²) >= 11 is 1.86. The van der Waals surface area contributed by atoms with Gasteiger partial charge in [-0.3, -0.25) is 0 Å². The summed E-state index contributed by atoms with van der Waals surface area (Å²) in [5, 5.41) is 0.156. The summed E-state index contributed by atoms with van der Waals surface area (Å²) in [6, 6.07) is -12.0. The zero-order chi connectivity index (χ0) is 53.9. The van der Waals surface area contributed by atoms with E-state index < -0.39 is 173 Å². The fourth-order valence-electron chi connectivity index (χ4n) is 5.55. The van der Waals surface area contributed by atoms with Gasteiger partial charge in [-0.05, 0) is 74.8 Å². The van der Waals surface area contributed by atoms with Crippen molar-refractivity contribution in [3.63, 3.8) is 0 Å². The van der Waals surface area contributed by atoms with Crippen molar-refractivity contribution in [2.45, 2.75) is 0 Å². The minimum Gasteiger partial charge on any atom is -0.235 e. The van der Waals surface area contributed by atoms with Crippen molar-refractivity contribution in [3.05, 3.63) is 170 Å². The predicted octanol–water partition coefficient (Wildman–Crippen LogP) is 13.5. The van der Waals surface area contributed by atoms with E-state index >= 15 is 0 Å². The summed E-state index contributed by atoms with van der Waals surface area (Å²) in [6.45, 7) is 0. The molecular weight excluding hydrogens is 645 g/mol. The molecule has 0 amide bonds. The Bertz CT molecular complexity index is 4200. The summed E-state index contributed by atoms with van der Waals surface area (Å²) in [7, 11) is 0. The molecule has 0 aliphatic rings. The Morgan fingerprint density at radius 1 is 0.420 bits per heavy atom. The van der Waals surface area contributed by atoms with Gasteiger partial charge in [0.2, 0.25) is 0 Å². The number of nitrogens with zero attached hydrogens (tertiary/aromatic N) is 2. The van der Waals surface area contributed by atoms with E-state index in [1.807, 2.05) is 0 Å². The van der Waals surface area contributed by atoms with Crippen LogP contribution in [0.25, 0.3) is 96.2 Å². The van der Waals surface area contributed by atoms with Gasteiger partial charge in [0.1, 0.15) is 6.33 Å². The summed E-state index contributed by atoms with van der Waals surface area (Å²) in [4.78, 5) is 8.93. The number of rotatable bonds is 5. The van der Waals surface area contributed by atoms with Crippen molar-refractivity contribution >= 4 is 63.1 Å². The van der Waals surface area contributed by atoms with Crippen LogP contribution < -0.4 is 0 Å². The van der Waals surface area contributed by atoms with Crippen LogP contribution in [-0.2, 0) is 0 Å². The third kappa shape index (κ3) is 4.92. The van der Waals surface area contributed by atoms with Crippen LogP contribution in [0, 0.1) is 0 Å². The Kier molecular flexibility index (Phi) is 3.27. The maximum absolute atomic E-state index is 9.61. The fourth-order valence-corrected chi connectivity index (χ4v) is 7.76. The maximum Gasteiger partial charge on any atom is 0.116 e. The van der Waals surface area contributed by atoms with Crippen molar-refractivity contribution in [2.24, 2.45) is 0 Å². The van der Waals surface area contributed by atoms with Gasteiger partial charge >= 0.3 is 0 Å². The van der Waals surface area contributed by atoms with Gasteiger partial charge in [-0.2, -0.15) is 0 Å². The number of hydrogen-bond acceptors (Lipinski definition) is 4. The molecular formula is C46H28N2S2. The molecule has 0 spiro atoms. The Morgan fingerprint density at radius 2 is 1.04 bits per heavy atom. The normalized spacial score (nSPS) is 18.3. The quantitative estimate of drug-likeness (QED) is 0.179. The van der Waals surface area contributed by atoms with E-state index in [2.05, 4.69) is 9.97 Å². The molecule has 0 saturated heterocycles. The van der Waals surface area contributed by atoms with Crippen molar-refractivity contribution < 1.29 is 32.9 Å². The van der Waals surface area contributed by atoms with Gasteiger partial charge in [0.25, 0.3) is 0 Å². The van der Waals surface area contributed by atoms with E-state index in [0.29, 0.717) is 10.1 Å². The van der Waals surface area contributed by atoms with Gasteiger partial charge in [-0.25, -0.2) is 9.97 Å². The highest BCUT2D eigenvalue weighted by molar-refractivity contribution is 7.26. The van der Waals surface area contributed by atoms with Crippen LogP contribution >= 0.6 is 22.7 Å². The van der Waals surface area contributed by atoms with Gasteiger partial charge < -0.3 is 0 Å². The first-order chi connectivity index (χ1) is 34.8. The van der Waals surface area contributed by atoms with Gasteiger partial charge in [-0.1, -0.05) is 133 Å². The largest absolute Gasteiger partial charge is 0.235 e. The van der Waals surface area contributed by atoms with E-state index in [4.69, 9.17) is 30.2 Å².